The van der Waals surface area contributed by atoms with Crippen LogP contribution in [0.2, 0.25) is 0 Å². The molecule has 1 aliphatic heterocycles. The smallest absolute Gasteiger partial charge is 0.309 e. The number of methoxy groups -OCH3 is 1. The topological polar surface area (TPSA) is 38.3 Å². The molecule has 0 aromatic heterocycles. The second kappa shape index (κ2) is 5.27. The van der Waals surface area contributed by atoms with Crippen LogP contribution in [0.1, 0.15) is 17.9 Å². The summed E-state index contributed by atoms with van der Waals surface area (Å²) in [5.74, 6) is -0.898. The molecule has 17 heavy (non-hydrogen) atoms. The zero-order valence-electron chi connectivity index (χ0n) is 9.78. The monoisotopic (exact) mass is 237 g/mol. The van der Waals surface area contributed by atoms with Gasteiger partial charge in [-0.3, -0.25) is 4.79 Å². The van der Waals surface area contributed by atoms with Gasteiger partial charge in [-0.2, -0.15) is 0 Å². The number of ether oxygens (including phenoxy) is 1. The second-order valence-corrected chi connectivity index (χ2v) is 4.25. The Bertz CT molecular complexity index is 408. The van der Waals surface area contributed by atoms with Gasteiger partial charge < -0.3 is 10.1 Å². The average molecular weight is 237 g/mol. The third-order valence-corrected chi connectivity index (χ3v) is 3.29. The predicted molar refractivity (Wildman–Crippen MR) is 62.1 cm³/mol. The molecule has 2 rings (SSSR count). The SMILES string of the molecule is COC(=O)[C@H]1CCNC[C@@H]1c1ccccc1F. The van der Waals surface area contributed by atoms with Crippen LogP contribution in [0.3, 0.4) is 0 Å². The standard InChI is InChI=1S/C13H16FNO2/c1-17-13(16)10-6-7-15-8-11(10)9-4-2-3-5-12(9)14/h2-5,10-11,15H,6-8H2,1H3/t10-,11+/m0/s1. The number of esters is 1. The molecule has 2 atom stereocenters. The van der Waals surface area contributed by atoms with E-state index in [9.17, 15) is 9.18 Å². The fourth-order valence-electron chi connectivity index (χ4n) is 2.39. The molecule has 92 valence electrons. The maximum absolute atomic E-state index is 13.7. The van der Waals surface area contributed by atoms with Gasteiger partial charge in [-0.15, -0.1) is 0 Å². The van der Waals surface area contributed by atoms with Gasteiger partial charge in [0.05, 0.1) is 13.0 Å². The summed E-state index contributed by atoms with van der Waals surface area (Å²) in [6.07, 6.45) is 0.686. The van der Waals surface area contributed by atoms with Crippen LogP contribution in [0.4, 0.5) is 4.39 Å². The number of rotatable bonds is 2. The van der Waals surface area contributed by atoms with E-state index in [1.54, 1.807) is 18.2 Å². The van der Waals surface area contributed by atoms with Gasteiger partial charge in [-0.05, 0) is 24.6 Å². The van der Waals surface area contributed by atoms with Crippen LogP contribution < -0.4 is 5.32 Å². The zero-order chi connectivity index (χ0) is 12.3. The van der Waals surface area contributed by atoms with Crippen molar-refractivity contribution in [2.45, 2.75) is 12.3 Å². The first-order valence-corrected chi connectivity index (χ1v) is 5.77. The number of hydrogen-bond donors (Lipinski definition) is 1. The molecule has 1 heterocycles. The van der Waals surface area contributed by atoms with Crippen molar-refractivity contribution in [3.8, 4) is 0 Å². The average Bonchev–Trinajstić information content (AvgIpc) is 2.38. The van der Waals surface area contributed by atoms with Crippen LogP contribution in [0.25, 0.3) is 0 Å². The first-order valence-electron chi connectivity index (χ1n) is 5.77. The van der Waals surface area contributed by atoms with E-state index in [0.717, 1.165) is 6.54 Å². The van der Waals surface area contributed by atoms with E-state index < -0.39 is 0 Å². The van der Waals surface area contributed by atoms with Crippen LogP contribution in [0, 0.1) is 11.7 Å². The molecule has 1 aliphatic rings. The van der Waals surface area contributed by atoms with Crippen molar-refractivity contribution in [3.63, 3.8) is 0 Å². The Labute approximate surface area is 100.0 Å². The molecule has 0 unspecified atom stereocenters. The fourth-order valence-corrected chi connectivity index (χ4v) is 2.39. The van der Waals surface area contributed by atoms with Crippen LogP contribution in [0.15, 0.2) is 24.3 Å². The normalized spacial score (nSPS) is 24.4. The first kappa shape index (κ1) is 12.0. The van der Waals surface area contributed by atoms with Crippen LogP contribution in [0.5, 0.6) is 0 Å². The van der Waals surface area contributed by atoms with Gasteiger partial charge in [-0.25, -0.2) is 4.39 Å². The summed E-state index contributed by atoms with van der Waals surface area (Å²) in [7, 11) is 1.38. The number of carbonyl (C=O) groups excluding carboxylic acids is 1. The lowest BCUT2D eigenvalue weighted by atomic mass is 9.81. The van der Waals surface area contributed by atoms with Crippen molar-refractivity contribution in [1.82, 2.24) is 5.32 Å². The summed E-state index contributed by atoms with van der Waals surface area (Å²) in [5, 5.41) is 3.20. The minimum absolute atomic E-state index is 0.141. The van der Waals surface area contributed by atoms with Crippen LogP contribution in [-0.2, 0) is 9.53 Å². The van der Waals surface area contributed by atoms with Crippen molar-refractivity contribution in [1.29, 1.82) is 0 Å². The summed E-state index contributed by atoms with van der Waals surface area (Å²) in [5.41, 5.74) is 0.593. The summed E-state index contributed by atoms with van der Waals surface area (Å²) in [6.45, 7) is 1.38. The van der Waals surface area contributed by atoms with Gasteiger partial charge >= 0.3 is 5.97 Å². The molecule has 1 saturated heterocycles. The third-order valence-electron chi connectivity index (χ3n) is 3.29. The molecule has 0 aliphatic carbocycles. The summed E-state index contributed by atoms with van der Waals surface area (Å²) in [6, 6.07) is 6.62. The van der Waals surface area contributed by atoms with E-state index >= 15 is 0 Å². The Balaban J connectivity index is 2.28. The predicted octanol–water partition coefficient (Wildman–Crippen LogP) is 1.69. The largest absolute Gasteiger partial charge is 0.469 e. The molecule has 4 heteroatoms. The molecule has 1 N–H and O–H groups in total. The highest BCUT2D eigenvalue weighted by Crippen LogP contribution is 2.31. The van der Waals surface area contributed by atoms with E-state index in [0.29, 0.717) is 18.5 Å². The van der Waals surface area contributed by atoms with Gasteiger partial charge in [-0.1, -0.05) is 18.2 Å². The van der Waals surface area contributed by atoms with Crippen molar-refractivity contribution < 1.29 is 13.9 Å². The minimum Gasteiger partial charge on any atom is -0.469 e. The summed E-state index contributed by atoms with van der Waals surface area (Å²) < 4.78 is 18.5. The molecule has 0 spiro atoms. The lowest BCUT2D eigenvalue weighted by Crippen LogP contribution is -2.39. The molecular formula is C13H16FNO2. The molecule has 1 aromatic carbocycles. The van der Waals surface area contributed by atoms with Gasteiger partial charge in [0, 0.05) is 12.5 Å². The fraction of sp³-hybridized carbons (Fsp3) is 0.462. The maximum Gasteiger partial charge on any atom is 0.309 e. The quantitative estimate of drug-likeness (QED) is 0.795. The first-order chi connectivity index (χ1) is 8.24. The Morgan fingerprint density at radius 1 is 1.47 bits per heavy atom. The van der Waals surface area contributed by atoms with Crippen molar-refractivity contribution in [3.05, 3.63) is 35.6 Å². The van der Waals surface area contributed by atoms with E-state index in [4.69, 9.17) is 4.74 Å². The third kappa shape index (κ3) is 2.47. The number of hydrogen-bond acceptors (Lipinski definition) is 3. The Hall–Kier alpha value is -1.42. The molecule has 0 bridgehead atoms. The van der Waals surface area contributed by atoms with E-state index in [2.05, 4.69) is 5.32 Å². The minimum atomic E-state index is -0.255. The van der Waals surface area contributed by atoms with Crippen molar-refractivity contribution in [2.24, 2.45) is 5.92 Å². The molecular weight excluding hydrogens is 221 g/mol. The van der Waals surface area contributed by atoms with E-state index in [-0.39, 0.29) is 23.6 Å². The number of nitrogens with one attached hydrogen (secondary N) is 1. The highest BCUT2D eigenvalue weighted by Gasteiger charge is 2.33. The molecule has 1 aromatic rings. The number of carbonyl (C=O) groups is 1. The Morgan fingerprint density at radius 2 is 2.24 bits per heavy atom. The van der Waals surface area contributed by atoms with Gasteiger partial charge in [0.1, 0.15) is 5.82 Å². The van der Waals surface area contributed by atoms with E-state index in [1.807, 2.05) is 0 Å². The second-order valence-electron chi connectivity index (χ2n) is 4.25. The van der Waals surface area contributed by atoms with Gasteiger partial charge in [0.25, 0.3) is 0 Å². The maximum atomic E-state index is 13.7. The Kier molecular flexibility index (Phi) is 3.74. The lowest BCUT2D eigenvalue weighted by Gasteiger charge is -2.30. The van der Waals surface area contributed by atoms with Crippen molar-refractivity contribution >= 4 is 5.97 Å². The van der Waals surface area contributed by atoms with Crippen LogP contribution in [-0.4, -0.2) is 26.2 Å². The highest BCUT2D eigenvalue weighted by molar-refractivity contribution is 5.73. The number of piperidine rings is 1. The molecule has 1 fully saturated rings. The van der Waals surface area contributed by atoms with E-state index in [1.165, 1.54) is 13.2 Å². The molecule has 0 radical (unpaired) electrons. The number of benzene rings is 1. The molecule has 0 saturated carbocycles. The Morgan fingerprint density at radius 3 is 2.94 bits per heavy atom. The van der Waals surface area contributed by atoms with Crippen molar-refractivity contribution in [2.75, 3.05) is 20.2 Å². The summed E-state index contributed by atoms with van der Waals surface area (Å²) in [4.78, 5) is 11.7. The zero-order valence-corrected chi connectivity index (χ0v) is 9.78. The van der Waals surface area contributed by atoms with Gasteiger partial charge in [0.15, 0.2) is 0 Å². The van der Waals surface area contributed by atoms with Crippen LogP contribution >= 0.6 is 0 Å². The molecule has 3 nitrogen and oxygen atoms in total. The van der Waals surface area contributed by atoms with Gasteiger partial charge in [0.2, 0.25) is 0 Å². The summed E-state index contributed by atoms with van der Waals surface area (Å²) >= 11 is 0. The molecule has 0 amide bonds. The lowest BCUT2D eigenvalue weighted by molar-refractivity contribution is -0.147. The highest BCUT2D eigenvalue weighted by atomic mass is 19.1. The number of halogens is 1.